The van der Waals surface area contributed by atoms with Crippen molar-refractivity contribution in [2.24, 2.45) is 0 Å². The molecular formula is C25H32ClN5O4S2. The average Bonchev–Trinajstić information content (AvgIpc) is 3.14. The Hall–Kier alpha value is -3.02. The van der Waals surface area contributed by atoms with Crippen molar-refractivity contribution in [1.29, 1.82) is 0 Å². The lowest BCUT2D eigenvalue weighted by atomic mass is 10.1. The van der Waals surface area contributed by atoms with Gasteiger partial charge in [0.25, 0.3) is 5.91 Å². The van der Waals surface area contributed by atoms with E-state index in [4.69, 9.17) is 16.3 Å². The number of aryl methyl sites for hydroxylation is 1. The highest BCUT2D eigenvalue weighted by Crippen LogP contribution is 2.36. The Morgan fingerprint density at radius 3 is 2.38 bits per heavy atom. The normalized spacial score (nSPS) is 12.5. The number of ether oxygens (including phenoxy) is 1. The fourth-order valence-corrected chi connectivity index (χ4v) is 5.90. The summed E-state index contributed by atoms with van der Waals surface area (Å²) in [7, 11) is -2.96. The Morgan fingerprint density at radius 2 is 1.76 bits per heavy atom. The summed E-state index contributed by atoms with van der Waals surface area (Å²) < 4.78 is 21.6. The van der Waals surface area contributed by atoms with E-state index in [0.717, 1.165) is 4.88 Å². The number of pyridine rings is 1. The highest BCUT2D eigenvalue weighted by Gasteiger charge is 2.32. The van der Waals surface area contributed by atoms with E-state index < -0.39 is 33.3 Å². The molecule has 3 aromatic rings. The largest absolute Gasteiger partial charge is 0.444 e. The SMILES string of the molecule is Cc1nc(NC(=O)C(C)(C)NC(=O)OC(C)(C)C)sc1-c1cnc(Cl)c(N[SH](C)(=O)c2ccccc2)c1. The number of thiazole rings is 1. The number of carbonyl (C=O) groups is 2. The van der Waals surface area contributed by atoms with Crippen molar-refractivity contribution in [3.8, 4) is 10.4 Å². The molecule has 3 rings (SSSR count). The molecule has 2 aromatic heterocycles. The number of hydrogen-bond donors (Lipinski definition) is 4. The van der Waals surface area contributed by atoms with Crippen LogP contribution in [-0.2, 0) is 19.7 Å². The lowest BCUT2D eigenvalue weighted by Crippen LogP contribution is -2.53. The molecule has 3 N–H and O–H groups in total. The first-order valence-corrected chi connectivity index (χ1v) is 14.8. The molecule has 0 spiro atoms. The number of carbonyl (C=O) groups excluding carboxylic acids is 2. The van der Waals surface area contributed by atoms with Gasteiger partial charge in [-0.15, -0.1) is 0 Å². The number of rotatable bonds is 7. The first-order chi connectivity index (χ1) is 17.1. The summed E-state index contributed by atoms with van der Waals surface area (Å²) in [4.78, 5) is 35.2. The van der Waals surface area contributed by atoms with E-state index >= 15 is 0 Å². The Morgan fingerprint density at radius 1 is 1.11 bits per heavy atom. The third-order valence-corrected chi connectivity index (χ3v) is 8.46. The number of nitrogens with one attached hydrogen (secondary N) is 3. The molecule has 9 nitrogen and oxygen atoms in total. The second-order valence-corrected chi connectivity index (χ2v) is 14.0. The Labute approximate surface area is 227 Å². The van der Waals surface area contributed by atoms with Gasteiger partial charge in [-0.1, -0.05) is 41.1 Å². The van der Waals surface area contributed by atoms with Crippen LogP contribution in [0.2, 0.25) is 5.15 Å². The van der Waals surface area contributed by atoms with Gasteiger partial charge in [0.1, 0.15) is 11.1 Å². The van der Waals surface area contributed by atoms with Gasteiger partial charge in [0.15, 0.2) is 10.3 Å². The van der Waals surface area contributed by atoms with Crippen molar-refractivity contribution in [3.63, 3.8) is 0 Å². The van der Waals surface area contributed by atoms with E-state index in [1.807, 2.05) is 25.1 Å². The van der Waals surface area contributed by atoms with Crippen LogP contribution >= 0.6 is 22.9 Å². The summed E-state index contributed by atoms with van der Waals surface area (Å²) >= 11 is 7.56. The zero-order chi connectivity index (χ0) is 27.6. The van der Waals surface area contributed by atoms with Crippen LogP contribution in [-0.4, -0.2) is 43.6 Å². The van der Waals surface area contributed by atoms with Crippen LogP contribution in [0, 0.1) is 6.92 Å². The van der Waals surface area contributed by atoms with Crippen LogP contribution in [0.1, 0.15) is 40.3 Å². The standard InChI is InChI=1S/C25H32ClN5O4S2/c1-15-19(36-22(28-15)29-21(32)25(5,6)30-23(33)35-24(2,3)4)16-13-18(20(26)27-14-16)31-37(7,34)17-11-9-8-10-12-17/h8-14,37H,1-7H3,(H,30,33)(H,31,34)(H,28,29,32). The maximum Gasteiger partial charge on any atom is 0.408 e. The predicted octanol–water partition coefficient (Wildman–Crippen LogP) is 5.44. The van der Waals surface area contributed by atoms with Gasteiger partial charge in [0.05, 0.1) is 16.3 Å². The van der Waals surface area contributed by atoms with Crippen LogP contribution in [0.25, 0.3) is 10.4 Å². The third-order valence-electron chi connectivity index (χ3n) is 5.08. The maximum absolute atomic E-state index is 13.3. The number of aromatic nitrogens is 2. The molecule has 0 atom stereocenters. The minimum atomic E-state index is -2.96. The zero-order valence-electron chi connectivity index (χ0n) is 21.8. The number of benzene rings is 1. The molecule has 0 aliphatic rings. The number of nitrogens with zero attached hydrogens (tertiary/aromatic N) is 2. The van der Waals surface area contributed by atoms with E-state index in [1.165, 1.54) is 11.3 Å². The van der Waals surface area contributed by atoms with Gasteiger partial charge in [-0.3, -0.25) is 14.3 Å². The van der Waals surface area contributed by atoms with Gasteiger partial charge >= 0.3 is 6.09 Å². The molecule has 2 heterocycles. The summed E-state index contributed by atoms with van der Waals surface area (Å²) in [6, 6.07) is 10.8. The lowest BCUT2D eigenvalue weighted by Gasteiger charge is -2.27. The molecule has 0 fully saturated rings. The van der Waals surface area contributed by atoms with Crippen molar-refractivity contribution < 1.29 is 18.5 Å². The fraction of sp³-hybridized carbons (Fsp3) is 0.360. The van der Waals surface area contributed by atoms with Crippen molar-refractivity contribution in [1.82, 2.24) is 15.3 Å². The van der Waals surface area contributed by atoms with Crippen LogP contribution in [0.5, 0.6) is 0 Å². The number of hydrogen-bond acceptors (Lipinski definition) is 7. The smallest absolute Gasteiger partial charge is 0.408 e. The zero-order valence-corrected chi connectivity index (χ0v) is 24.3. The molecule has 2 amide bonds. The summed E-state index contributed by atoms with van der Waals surface area (Å²) in [6.45, 7) is 10.2. The molecule has 0 bridgehead atoms. The third kappa shape index (κ3) is 7.50. The molecule has 37 heavy (non-hydrogen) atoms. The molecule has 0 radical (unpaired) electrons. The highest BCUT2D eigenvalue weighted by molar-refractivity contribution is 8.03. The predicted molar refractivity (Wildman–Crippen MR) is 151 cm³/mol. The lowest BCUT2D eigenvalue weighted by molar-refractivity contribution is -0.121. The first-order valence-electron chi connectivity index (χ1n) is 11.4. The molecule has 0 saturated heterocycles. The van der Waals surface area contributed by atoms with Crippen LogP contribution in [0.3, 0.4) is 0 Å². The second-order valence-electron chi connectivity index (χ2n) is 10.1. The van der Waals surface area contributed by atoms with E-state index in [2.05, 4.69) is 25.3 Å². The Kier molecular flexibility index (Phi) is 8.31. The summed E-state index contributed by atoms with van der Waals surface area (Å²) in [5.74, 6) is -0.454. The number of thiol groups is 1. The van der Waals surface area contributed by atoms with Gasteiger partial charge in [-0.2, -0.15) is 0 Å². The van der Waals surface area contributed by atoms with E-state index in [-0.39, 0.29) is 5.15 Å². The molecule has 0 unspecified atom stereocenters. The molecule has 0 aliphatic carbocycles. The number of anilines is 2. The Bertz CT molecular complexity index is 1350. The summed E-state index contributed by atoms with van der Waals surface area (Å²) in [6.07, 6.45) is 2.53. The van der Waals surface area contributed by atoms with Gasteiger partial charge in [-0.25, -0.2) is 14.8 Å². The highest BCUT2D eigenvalue weighted by atomic mass is 35.5. The summed E-state index contributed by atoms with van der Waals surface area (Å²) in [5.41, 5.74) is -0.154. The van der Waals surface area contributed by atoms with Crippen molar-refractivity contribution in [3.05, 3.63) is 53.4 Å². The topological polar surface area (TPSA) is 122 Å². The molecular weight excluding hydrogens is 534 g/mol. The van der Waals surface area contributed by atoms with Crippen LogP contribution < -0.4 is 15.4 Å². The second kappa shape index (κ2) is 10.8. The van der Waals surface area contributed by atoms with E-state index in [1.54, 1.807) is 65.3 Å². The van der Waals surface area contributed by atoms with Crippen molar-refractivity contribution in [2.75, 3.05) is 16.3 Å². The fourth-order valence-electron chi connectivity index (χ4n) is 3.24. The van der Waals surface area contributed by atoms with Gasteiger partial charge in [0, 0.05) is 22.9 Å². The van der Waals surface area contributed by atoms with Crippen LogP contribution in [0.15, 0.2) is 47.5 Å². The molecule has 200 valence electrons. The molecule has 12 heteroatoms. The molecule has 1 aromatic carbocycles. The van der Waals surface area contributed by atoms with E-state index in [0.29, 0.717) is 27.0 Å². The van der Waals surface area contributed by atoms with Crippen LogP contribution in [0.4, 0.5) is 15.6 Å². The minimum absolute atomic E-state index is 0.187. The van der Waals surface area contributed by atoms with Crippen molar-refractivity contribution in [2.45, 2.75) is 57.6 Å². The molecule has 0 saturated carbocycles. The quantitative estimate of drug-likeness (QED) is 0.223. The number of alkyl carbamates (subject to hydrolysis) is 1. The van der Waals surface area contributed by atoms with Gasteiger partial charge in [0.2, 0.25) is 0 Å². The monoisotopic (exact) mass is 565 g/mol. The van der Waals surface area contributed by atoms with E-state index in [9.17, 15) is 13.8 Å². The first kappa shape index (κ1) is 28.5. The summed E-state index contributed by atoms with van der Waals surface area (Å²) in [5, 5.41) is 5.88. The Balaban J connectivity index is 1.79. The number of amides is 2. The maximum atomic E-state index is 13.3. The number of halogens is 1. The van der Waals surface area contributed by atoms with Gasteiger partial charge in [-0.05, 0) is 69.9 Å². The average molecular weight is 566 g/mol. The molecule has 0 aliphatic heterocycles. The minimum Gasteiger partial charge on any atom is -0.444 e. The van der Waals surface area contributed by atoms with Crippen molar-refractivity contribution >= 4 is 55.9 Å². The van der Waals surface area contributed by atoms with Gasteiger partial charge < -0.3 is 14.8 Å².